The van der Waals surface area contributed by atoms with Crippen LogP contribution in [-0.4, -0.2) is 16.7 Å². The second-order valence-electron chi connectivity index (χ2n) is 6.24. The molecule has 2 aromatic carbocycles. The van der Waals surface area contributed by atoms with Gasteiger partial charge in [0.25, 0.3) is 5.91 Å². The third-order valence-electron chi connectivity index (χ3n) is 4.57. The normalized spacial score (nSPS) is 28.6. The van der Waals surface area contributed by atoms with Gasteiger partial charge in [0, 0.05) is 17.9 Å². The molecule has 4 heteroatoms. The Morgan fingerprint density at radius 3 is 2.86 bits per heavy atom. The summed E-state index contributed by atoms with van der Waals surface area (Å²) in [5, 5.41) is 15.1. The number of hydrogen-bond acceptors (Lipinski definition) is 3. The molecule has 2 heterocycles. The van der Waals surface area contributed by atoms with Crippen molar-refractivity contribution in [3.63, 3.8) is 0 Å². The minimum atomic E-state index is -0.726. The van der Waals surface area contributed by atoms with Gasteiger partial charge in [-0.1, -0.05) is 30.3 Å². The van der Waals surface area contributed by atoms with Gasteiger partial charge in [-0.05, 0) is 30.7 Å². The first-order valence-corrected chi connectivity index (χ1v) is 7.41. The maximum absolute atomic E-state index is 12.4. The van der Waals surface area contributed by atoms with E-state index >= 15 is 0 Å². The van der Waals surface area contributed by atoms with Gasteiger partial charge in [0.1, 0.15) is 5.75 Å². The molecule has 2 atom stereocenters. The average Bonchev–Trinajstić information content (AvgIpc) is 2.44. The summed E-state index contributed by atoms with van der Waals surface area (Å²) in [6.45, 7) is 3.44. The molecule has 4 nitrogen and oxygen atoms in total. The number of rotatable bonds is 0. The maximum Gasteiger partial charge on any atom is 0.254 e. The first-order valence-electron chi connectivity index (χ1n) is 7.41. The lowest BCUT2D eigenvalue weighted by Gasteiger charge is -2.45. The smallest absolute Gasteiger partial charge is 0.254 e. The summed E-state index contributed by atoms with van der Waals surface area (Å²) < 4.78 is 6.06. The van der Waals surface area contributed by atoms with Gasteiger partial charge < -0.3 is 15.2 Å². The van der Waals surface area contributed by atoms with Gasteiger partial charge in [-0.3, -0.25) is 4.79 Å². The summed E-state index contributed by atoms with van der Waals surface area (Å²) in [6, 6.07) is 12.0. The number of piperidine rings is 1. The number of nitrogens with one attached hydrogen (secondary N) is 1. The highest BCUT2D eigenvalue weighted by atomic mass is 16.5. The summed E-state index contributed by atoms with van der Waals surface area (Å²) in [5.41, 5.74) is 0.711. The lowest BCUT2D eigenvalue weighted by Crippen LogP contribution is -2.58. The molecule has 1 fully saturated rings. The van der Waals surface area contributed by atoms with Crippen molar-refractivity contribution in [3.8, 4) is 5.75 Å². The van der Waals surface area contributed by atoms with Crippen LogP contribution in [0.15, 0.2) is 47.7 Å². The van der Waals surface area contributed by atoms with Gasteiger partial charge in [-0.15, -0.1) is 0 Å². The van der Waals surface area contributed by atoms with Gasteiger partial charge in [-0.25, -0.2) is 0 Å². The number of allylic oxidation sites excluding steroid dienone is 1. The molecule has 4 rings (SSSR count). The van der Waals surface area contributed by atoms with E-state index in [1.807, 2.05) is 43.3 Å². The number of fused-ring (bicyclic) bond motifs is 6. The van der Waals surface area contributed by atoms with Gasteiger partial charge in [0.2, 0.25) is 0 Å². The van der Waals surface area contributed by atoms with Crippen molar-refractivity contribution >= 4 is 16.7 Å². The van der Waals surface area contributed by atoms with Crippen molar-refractivity contribution in [2.45, 2.75) is 31.9 Å². The van der Waals surface area contributed by atoms with Gasteiger partial charge in [-0.2, -0.15) is 0 Å². The van der Waals surface area contributed by atoms with Crippen LogP contribution in [0.1, 0.15) is 31.7 Å². The minimum Gasteiger partial charge on any atom is -0.512 e. The first kappa shape index (κ1) is 13.2. The summed E-state index contributed by atoms with van der Waals surface area (Å²) in [7, 11) is 0. The fourth-order valence-corrected chi connectivity index (χ4v) is 3.71. The van der Waals surface area contributed by atoms with E-state index in [1.165, 1.54) is 0 Å². The Balaban J connectivity index is 2.05. The molecule has 1 saturated heterocycles. The van der Waals surface area contributed by atoms with Crippen molar-refractivity contribution < 1.29 is 14.6 Å². The molecule has 0 spiro atoms. The Morgan fingerprint density at radius 1 is 1.32 bits per heavy atom. The van der Waals surface area contributed by atoms with E-state index in [-0.39, 0.29) is 17.6 Å². The number of carbonyl (C=O) groups excluding carboxylic acids is 1. The molecule has 2 unspecified atom stereocenters. The van der Waals surface area contributed by atoms with E-state index in [2.05, 4.69) is 5.32 Å². The largest absolute Gasteiger partial charge is 0.512 e. The number of aliphatic hydroxyl groups is 1. The SMILES string of the molecule is C/C(O)=C1/C(=O)NC2(C)CC1c1c(ccc3ccccc13)O2. The molecule has 2 aromatic rings. The van der Waals surface area contributed by atoms with Crippen LogP contribution in [0.3, 0.4) is 0 Å². The Kier molecular flexibility index (Phi) is 2.55. The second-order valence-corrected chi connectivity index (χ2v) is 6.24. The van der Waals surface area contributed by atoms with E-state index in [9.17, 15) is 9.90 Å². The third kappa shape index (κ3) is 1.73. The monoisotopic (exact) mass is 295 g/mol. The van der Waals surface area contributed by atoms with Crippen molar-refractivity contribution in [1.82, 2.24) is 5.32 Å². The molecule has 112 valence electrons. The van der Waals surface area contributed by atoms with Crippen molar-refractivity contribution in [2.75, 3.05) is 0 Å². The number of carbonyl (C=O) groups is 1. The van der Waals surface area contributed by atoms with Crippen LogP contribution in [0.25, 0.3) is 10.8 Å². The fraction of sp³-hybridized carbons (Fsp3) is 0.278. The molecular weight excluding hydrogens is 278 g/mol. The third-order valence-corrected chi connectivity index (χ3v) is 4.57. The van der Waals surface area contributed by atoms with E-state index < -0.39 is 5.72 Å². The number of ether oxygens (including phenoxy) is 1. The number of benzene rings is 2. The molecule has 22 heavy (non-hydrogen) atoms. The Bertz CT molecular complexity index is 835. The number of hydrogen-bond donors (Lipinski definition) is 2. The Morgan fingerprint density at radius 2 is 2.09 bits per heavy atom. The lowest BCUT2D eigenvalue weighted by atomic mass is 9.76. The van der Waals surface area contributed by atoms with Crippen LogP contribution in [-0.2, 0) is 4.79 Å². The quantitative estimate of drug-likeness (QED) is 0.578. The van der Waals surface area contributed by atoms with E-state index in [0.29, 0.717) is 12.0 Å². The number of amides is 1. The topological polar surface area (TPSA) is 58.6 Å². The number of aliphatic hydroxyl groups excluding tert-OH is 1. The van der Waals surface area contributed by atoms with Crippen LogP contribution >= 0.6 is 0 Å². The second kappa shape index (κ2) is 4.26. The molecule has 0 saturated carbocycles. The van der Waals surface area contributed by atoms with Crippen molar-refractivity contribution in [3.05, 3.63) is 53.3 Å². The highest BCUT2D eigenvalue weighted by Gasteiger charge is 2.47. The molecule has 1 amide bonds. The van der Waals surface area contributed by atoms with E-state index in [4.69, 9.17) is 4.74 Å². The van der Waals surface area contributed by atoms with E-state index in [0.717, 1.165) is 22.1 Å². The molecule has 0 aliphatic carbocycles. The van der Waals surface area contributed by atoms with Crippen LogP contribution in [0, 0.1) is 0 Å². The van der Waals surface area contributed by atoms with Crippen LogP contribution < -0.4 is 10.1 Å². The molecule has 2 N–H and O–H groups in total. The predicted octanol–water partition coefficient (Wildman–Crippen LogP) is 3.38. The zero-order chi connectivity index (χ0) is 15.5. The zero-order valence-corrected chi connectivity index (χ0v) is 12.5. The zero-order valence-electron chi connectivity index (χ0n) is 12.5. The summed E-state index contributed by atoms with van der Waals surface area (Å²) in [6.07, 6.45) is 0.618. The summed E-state index contributed by atoms with van der Waals surface area (Å²) in [4.78, 5) is 12.4. The van der Waals surface area contributed by atoms with Gasteiger partial charge in [0.05, 0.1) is 11.3 Å². The standard InChI is InChI=1S/C18H17NO3/c1-10(20)15-13-9-18(2,19-17(15)21)22-14-8-7-11-5-3-4-6-12(11)16(13)14/h3-8,13,20H,9H2,1-2H3,(H,19,21)/b15-10-. The molecule has 2 aliphatic heterocycles. The molecule has 2 aliphatic rings. The molecular formula is C18H17NO3. The molecule has 0 radical (unpaired) electrons. The van der Waals surface area contributed by atoms with Crippen LogP contribution in [0.5, 0.6) is 5.75 Å². The summed E-state index contributed by atoms with van der Waals surface area (Å²) >= 11 is 0. The Labute approximate surface area is 128 Å². The van der Waals surface area contributed by atoms with Crippen LogP contribution in [0.4, 0.5) is 0 Å². The van der Waals surface area contributed by atoms with Crippen molar-refractivity contribution in [2.24, 2.45) is 0 Å². The van der Waals surface area contributed by atoms with Gasteiger partial charge in [0.15, 0.2) is 5.72 Å². The summed E-state index contributed by atoms with van der Waals surface area (Å²) in [5.74, 6) is 0.442. The van der Waals surface area contributed by atoms with E-state index in [1.54, 1.807) is 6.92 Å². The predicted molar refractivity (Wildman–Crippen MR) is 83.8 cm³/mol. The lowest BCUT2D eigenvalue weighted by molar-refractivity contribution is -0.127. The van der Waals surface area contributed by atoms with Gasteiger partial charge >= 0.3 is 0 Å². The Hall–Kier alpha value is -2.49. The molecule has 0 aromatic heterocycles. The molecule has 2 bridgehead atoms. The minimum absolute atomic E-state index is 0.0744. The average molecular weight is 295 g/mol. The van der Waals surface area contributed by atoms with Crippen LogP contribution in [0.2, 0.25) is 0 Å². The highest BCUT2D eigenvalue weighted by molar-refractivity contribution is 5.99. The highest BCUT2D eigenvalue weighted by Crippen LogP contribution is 2.49. The first-order chi connectivity index (χ1) is 10.5. The maximum atomic E-state index is 12.4. The van der Waals surface area contributed by atoms with Crippen molar-refractivity contribution in [1.29, 1.82) is 0 Å². The fourth-order valence-electron chi connectivity index (χ4n) is 3.71.